The zero-order chi connectivity index (χ0) is 18.1. The molecule has 0 unspecified atom stereocenters. The maximum absolute atomic E-state index is 5.38. The van der Waals surface area contributed by atoms with E-state index in [1.165, 1.54) is 0 Å². The molecule has 3 aromatic heterocycles. The van der Waals surface area contributed by atoms with Crippen molar-refractivity contribution in [1.29, 1.82) is 0 Å². The predicted octanol–water partition coefficient (Wildman–Crippen LogP) is 3.39. The van der Waals surface area contributed by atoms with Gasteiger partial charge in [0.1, 0.15) is 5.75 Å². The van der Waals surface area contributed by atoms with Crippen molar-refractivity contribution < 1.29 is 9.47 Å². The van der Waals surface area contributed by atoms with E-state index in [9.17, 15) is 0 Å². The number of aromatic nitrogens is 4. The van der Waals surface area contributed by atoms with Crippen LogP contribution in [0.2, 0.25) is 0 Å². The number of aryl methyl sites for hydroxylation is 3. The highest BCUT2D eigenvalue weighted by atomic mass is 16.5. The third-order valence-electron chi connectivity index (χ3n) is 4.46. The smallest absolute Gasteiger partial charge is 0.198 e. The number of pyridine rings is 2. The van der Waals surface area contributed by atoms with Crippen molar-refractivity contribution in [2.24, 2.45) is 0 Å². The highest BCUT2D eigenvalue weighted by Crippen LogP contribution is 2.21. The minimum atomic E-state index is 0.721. The highest BCUT2D eigenvalue weighted by molar-refractivity contribution is 5.80. The second-order valence-corrected chi connectivity index (χ2v) is 6.17. The van der Waals surface area contributed by atoms with Gasteiger partial charge in [-0.05, 0) is 49.7 Å². The first-order chi connectivity index (χ1) is 12.7. The Labute approximate surface area is 151 Å². The van der Waals surface area contributed by atoms with Gasteiger partial charge in [0, 0.05) is 23.2 Å². The Morgan fingerprint density at radius 1 is 0.923 bits per heavy atom. The fourth-order valence-electron chi connectivity index (χ4n) is 3.02. The predicted molar refractivity (Wildman–Crippen MR) is 100.0 cm³/mol. The Bertz CT molecular complexity index is 1090. The molecule has 3 heterocycles. The molecule has 132 valence electrons. The van der Waals surface area contributed by atoms with Crippen LogP contribution in [0, 0.1) is 6.92 Å². The van der Waals surface area contributed by atoms with E-state index < -0.39 is 0 Å². The number of fused-ring (bicyclic) bond motifs is 2. The van der Waals surface area contributed by atoms with Crippen molar-refractivity contribution in [3.8, 4) is 11.5 Å². The SMILES string of the molecule is COc1ccc2nc(CCc3nc4c(OC)ccc(C)n4n3)ccc2c1. The summed E-state index contributed by atoms with van der Waals surface area (Å²) in [5, 5.41) is 5.67. The number of ether oxygens (including phenoxy) is 2. The molecule has 4 rings (SSSR count). The maximum atomic E-state index is 5.38. The average molecular weight is 348 g/mol. The topological polar surface area (TPSA) is 61.5 Å². The quantitative estimate of drug-likeness (QED) is 0.553. The van der Waals surface area contributed by atoms with Gasteiger partial charge in [0.05, 0.1) is 19.7 Å². The number of benzene rings is 1. The van der Waals surface area contributed by atoms with Gasteiger partial charge < -0.3 is 9.47 Å². The molecule has 0 bridgehead atoms. The Kier molecular flexibility index (Phi) is 4.16. The van der Waals surface area contributed by atoms with Crippen molar-refractivity contribution in [3.63, 3.8) is 0 Å². The second kappa shape index (κ2) is 6.63. The molecular weight excluding hydrogens is 328 g/mol. The molecule has 0 N–H and O–H groups in total. The summed E-state index contributed by atoms with van der Waals surface area (Å²) in [7, 11) is 3.31. The molecular formula is C20H20N4O2. The molecule has 0 saturated heterocycles. The average Bonchev–Trinajstić information content (AvgIpc) is 3.11. The van der Waals surface area contributed by atoms with E-state index in [0.717, 1.165) is 58.1 Å². The van der Waals surface area contributed by atoms with Crippen molar-refractivity contribution in [2.45, 2.75) is 19.8 Å². The van der Waals surface area contributed by atoms with Crippen molar-refractivity contribution in [3.05, 3.63) is 59.7 Å². The lowest BCUT2D eigenvalue weighted by atomic mass is 10.1. The minimum Gasteiger partial charge on any atom is -0.497 e. The van der Waals surface area contributed by atoms with Gasteiger partial charge in [0.25, 0.3) is 0 Å². The third-order valence-corrected chi connectivity index (χ3v) is 4.46. The Morgan fingerprint density at radius 3 is 2.62 bits per heavy atom. The monoisotopic (exact) mass is 348 g/mol. The molecule has 6 nitrogen and oxygen atoms in total. The van der Waals surface area contributed by atoms with Crippen LogP contribution < -0.4 is 9.47 Å². The van der Waals surface area contributed by atoms with E-state index in [0.29, 0.717) is 0 Å². The summed E-state index contributed by atoms with van der Waals surface area (Å²) >= 11 is 0. The Morgan fingerprint density at radius 2 is 1.81 bits per heavy atom. The van der Waals surface area contributed by atoms with E-state index in [2.05, 4.69) is 16.1 Å². The van der Waals surface area contributed by atoms with Gasteiger partial charge in [-0.3, -0.25) is 4.98 Å². The molecule has 0 radical (unpaired) electrons. The number of nitrogens with zero attached hydrogens (tertiary/aromatic N) is 4. The normalized spacial score (nSPS) is 11.2. The molecule has 0 aliphatic carbocycles. The van der Waals surface area contributed by atoms with Crippen molar-refractivity contribution >= 4 is 16.6 Å². The first kappa shape index (κ1) is 16.3. The molecule has 0 fully saturated rings. The summed E-state index contributed by atoms with van der Waals surface area (Å²) in [5.74, 6) is 2.35. The van der Waals surface area contributed by atoms with Gasteiger partial charge in [-0.15, -0.1) is 0 Å². The number of hydrogen-bond donors (Lipinski definition) is 0. The molecule has 0 aliphatic heterocycles. The van der Waals surface area contributed by atoms with Gasteiger partial charge in [0.2, 0.25) is 0 Å². The van der Waals surface area contributed by atoms with Crippen molar-refractivity contribution in [1.82, 2.24) is 19.6 Å². The van der Waals surface area contributed by atoms with Crippen LogP contribution in [0.25, 0.3) is 16.6 Å². The van der Waals surface area contributed by atoms with E-state index in [1.54, 1.807) is 14.2 Å². The van der Waals surface area contributed by atoms with E-state index >= 15 is 0 Å². The van der Waals surface area contributed by atoms with Gasteiger partial charge in [-0.1, -0.05) is 6.07 Å². The third kappa shape index (κ3) is 2.94. The second-order valence-electron chi connectivity index (χ2n) is 6.17. The van der Waals surface area contributed by atoms with Crippen LogP contribution in [0.1, 0.15) is 17.2 Å². The lowest BCUT2D eigenvalue weighted by Gasteiger charge is -2.04. The molecule has 0 aliphatic rings. The lowest BCUT2D eigenvalue weighted by Crippen LogP contribution is -1.98. The largest absolute Gasteiger partial charge is 0.497 e. The first-order valence-electron chi connectivity index (χ1n) is 8.51. The van der Waals surface area contributed by atoms with Crippen LogP contribution in [0.15, 0.2) is 42.5 Å². The number of methoxy groups -OCH3 is 2. The fourth-order valence-corrected chi connectivity index (χ4v) is 3.02. The standard InChI is InChI=1S/C20H20N4O2/c1-13-4-10-18(26-3)20-22-19(23-24(13)20)11-7-15-6-5-14-12-16(25-2)8-9-17(14)21-15/h4-6,8-10,12H,7,11H2,1-3H3. The summed E-state index contributed by atoms with van der Waals surface area (Å²) in [6.45, 7) is 2.00. The first-order valence-corrected chi connectivity index (χ1v) is 8.51. The number of hydrogen-bond acceptors (Lipinski definition) is 5. The Hall–Kier alpha value is -3.15. The summed E-state index contributed by atoms with van der Waals surface area (Å²) in [5.41, 5.74) is 3.76. The molecule has 0 spiro atoms. The molecule has 4 aromatic rings. The van der Waals surface area contributed by atoms with E-state index in [4.69, 9.17) is 14.5 Å². The molecule has 26 heavy (non-hydrogen) atoms. The maximum Gasteiger partial charge on any atom is 0.198 e. The highest BCUT2D eigenvalue weighted by Gasteiger charge is 2.11. The fraction of sp³-hybridized carbons (Fsp3) is 0.250. The van der Waals surface area contributed by atoms with Crippen LogP contribution >= 0.6 is 0 Å². The van der Waals surface area contributed by atoms with E-state index in [1.807, 2.05) is 47.8 Å². The van der Waals surface area contributed by atoms with Gasteiger partial charge in [-0.25, -0.2) is 9.50 Å². The molecule has 6 heteroatoms. The van der Waals surface area contributed by atoms with Gasteiger partial charge in [-0.2, -0.15) is 5.10 Å². The van der Waals surface area contributed by atoms with Gasteiger partial charge >= 0.3 is 0 Å². The van der Waals surface area contributed by atoms with Crippen molar-refractivity contribution in [2.75, 3.05) is 14.2 Å². The van der Waals surface area contributed by atoms with Gasteiger partial charge in [0.15, 0.2) is 17.2 Å². The zero-order valence-electron chi connectivity index (χ0n) is 15.1. The molecule has 0 saturated carbocycles. The molecule has 0 atom stereocenters. The zero-order valence-corrected chi connectivity index (χ0v) is 15.1. The molecule has 1 aromatic carbocycles. The number of rotatable bonds is 5. The Balaban J connectivity index is 1.58. The summed E-state index contributed by atoms with van der Waals surface area (Å²) in [4.78, 5) is 9.36. The summed E-state index contributed by atoms with van der Waals surface area (Å²) in [6.07, 6.45) is 1.50. The van der Waals surface area contributed by atoms with Crippen LogP contribution in [0.5, 0.6) is 11.5 Å². The van der Waals surface area contributed by atoms with Crippen LogP contribution in [0.4, 0.5) is 0 Å². The van der Waals surface area contributed by atoms with Crippen LogP contribution in [-0.2, 0) is 12.8 Å². The van der Waals surface area contributed by atoms with E-state index in [-0.39, 0.29) is 0 Å². The lowest BCUT2D eigenvalue weighted by molar-refractivity contribution is 0.415. The van der Waals surface area contributed by atoms with Crippen LogP contribution in [0.3, 0.4) is 0 Å². The van der Waals surface area contributed by atoms with Crippen LogP contribution in [-0.4, -0.2) is 33.8 Å². The molecule has 0 amide bonds. The summed E-state index contributed by atoms with van der Waals surface area (Å²) in [6, 6.07) is 13.9. The summed E-state index contributed by atoms with van der Waals surface area (Å²) < 4.78 is 12.5. The minimum absolute atomic E-state index is 0.721.